The fraction of sp³-hybridized carbons (Fsp3) is 0.600. The van der Waals surface area contributed by atoms with Gasteiger partial charge in [-0.3, -0.25) is 0 Å². The van der Waals surface area contributed by atoms with Gasteiger partial charge in [-0.05, 0) is 57.2 Å². The van der Waals surface area contributed by atoms with Crippen molar-refractivity contribution in [3.63, 3.8) is 0 Å². The van der Waals surface area contributed by atoms with Crippen LogP contribution in [0.25, 0.3) is 0 Å². The minimum Gasteiger partial charge on any atom is -0.450 e. The third kappa shape index (κ3) is 2.87. The van der Waals surface area contributed by atoms with Crippen LogP contribution >= 0.6 is 47.8 Å². The van der Waals surface area contributed by atoms with Crippen LogP contribution in [0.4, 0.5) is 0 Å². The lowest BCUT2D eigenvalue weighted by Gasteiger charge is -2.27. The smallest absolute Gasteiger partial charge is 0.183 e. The summed E-state index contributed by atoms with van der Waals surface area (Å²) < 4.78 is 13.2. The molecule has 2 atom stereocenters. The molecule has 0 amide bonds. The Bertz CT molecular complexity index is 318. The topological polar surface area (TPSA) is 22.4 Å². The van der Waals surface area contributed by atoms with Crippen molar-refractivity contribution >= 4 is 47.8 Å². The summed E-state index contributed by atoms with van der Waals surface area (Å²) >= 11 is 10.2. The second kappa shape index (κ2) is 5.34. The molecule has 1 aromatic heterocycles. The van der Waals surface area contributed by atoms with Crippen molar-refractivity contribution in [2.75, 3.05) is 5.33 Å². The molecule has 15 heavy (non-hydrogen) atoms. The highest BCUT2D eigenvalue weighted by Crippen LogP contribution is 2.36. The second-order valence-electron chi connectivity index (χ2n) is 3.60. The quantitative estimate of drug-likeness (QED) is 0.662. The first kappa shape index (κ1) is 12.1. The van der Waals surface area contributed by atoms with Crippen LogP contribution in [-0.4, -0.2) is 11.4 Å². The van der Waals surface area contributed by atoms with E-state index in [1.807, 2.05) is 6.07 Å². The van der Waals surface area contributed by atoms with Crippen molar-refractivity contribution in [1.29, 1.82) is 0 Å². The van der Waals surface area contributed by atoms with Gasteiger partial charge in [0.25, 0.3) is 0 Å². The minimum absolute atomic E-state index is 0.101. The molecule has 0 N–H and O–H groups in total. The fourth-order valence-electron chi connectivity index (χ4n) is 1.74. The molecule has 5 heteroatoms. The molecular weight excluding hydrogens is 392 g/mol. The maximum absolute atomic E-state index is 5.91. The zero-order chi connectivity index (χ0) is 10.8. The molecule has 2 rings (SSSR count). The van der Waals surface area contributed by atoms with E-state index in [4.69, 9.17) is 9.15 Å². The Hall–Kier alpha value is 0.680. The van der Waals surface area contributed by atoms with Crippen molar-refractivity contribution in [2.24, 2.45) is 0 Å². The predicted molar refractivity (Wildman–Crippen MR) is 69.4 cm³/mol. The molecule has 0 spiro atoms. The van der Waals surface area contributed by atoms with Gasteiger partial charge < -0.3 is 9.15 Å². The molecule has 84 valence electrons. The van der Waals surface area contributed by atoms with E-state index < -0.39 is 0 Å². The Kier molecular flexibility index (Phi) is 4.32. The molecule has 1 saturated heterocycles. The summed E-state index contributed by atoms with van der Waals surface area (Å²) in [6.07, 6.45) is 3.77. The van der Waals surface area contributed by atoms with Crippen LogP contribution in [0.1, 0.15) is 31.1 Å². The van der Waals surface area contributed by atoms with Gasteiger partial charge in [-0.1, -0.05) is 15.9 Å². The molecule has 0 radical (unpaired) electrons. The molecule has 0 aromatic carbocycles. The second-order valence-corrected chi connectivity index (χ2v) is 5.82. The van der Waals surface area contributed by atoms with E-state index in [9.17, 15) is 0 Å². The largest absolute Gasteiger partial charge is 0.450 e. The highest BCUT2D eigenvalue weighted by molar-refractivity contribution is 9.13. The van der Waals surface area contributed by atoms with Gasteiger partial charge in [-0.15, -0.1) is 0 Å². The van der Waals surface area contributed by atoms with Crippen molar-refractivity contribution in [1.82, 2.24) is 0 Å². The van der Waals surface area contributed by atoms with Gasteiger partial charge in [-0.2, -0.15) is 0 Å². The molecule has 1 aliphatic rings. The Labute approximate surface area is 114 Å². The first-order valence-electron chi connectivity index (χ1n) is 4.87. The van der Waals surface area contributed by atoms with Gasteiger partial charge in [0.15, 0.2) is 4.67 Å². The van der Waals surface area contributed by atoms with Gasteiger partial charge in [0.1, 0.15) is 11.9 Å². The highest BCUT2D eigenvalue weighted by atomic mass is 79.9. The Morgan fingerprint density at radius 1 is 1.33 bits per heavy atom. The maximum atomic E-state index is 5.91. The molecule has 0 aliphatic carbocycles. The van der Waals surface area contributed by atoms with E-state index in [1.54, 1.807) is 0 Å². The summed E-state index contributed by atoms with van der Waals surface area (Å²) in [4.78, 5) is 0. The van der Waals surface area contributed by atoms with E-state index in [-0.39, 0.29) is 6.10 Å². The molecule has 2 heterocycles. The van der Waals surface area contributed by atoms with Crippen molar-refractivity contribution < 1.29 is 9.15 Å². The third-order valence-corrected chi connectivity index (χ3v) is 4.94. The van der Waals surface area contributed by atoms with Crippen LogP contribution in [0.2, 0.25) is 0 Å². The minimum atomic E-state index is 0.101. The summed E-state index contributed by atoms with van der Waals surface area (Å²) in [6.45, 7) is 0. The van der Waals surface area contributed by atoms with Crippen molar-refractivity contribution in [2.45, 2.75) is 31.5 Å². The number of ether oxygens (including phenoxy) is 1. The van der Waals surface area contributed by atoms with Crippen LogP contribution in [0.15, 0.2) is 19.6 Å². The normalized spacial score (nSPS) is 26.9. The van der Waals surface area contributed by atoms with E-state index in [0.29, 0.717) is 6.10 Å². The van der Waals surface area contributed by atoms with E-state index in [0.717, 1.165) is 33.1 Å². The van der Waals surface area contributed by atoms with E-state index in [2.05, 4.69) is 47.8 Å². The highest BCUT2D eigenvalue weighted by Gasteiger charge is 2.26. The summed E-state index contributed by atoms with van der Waals surface area (Å²) in [5.41, 5.74) is 0. The van der Waals surface area contributed by atoms with Crippen LogP contribution in [0.5, 0.6) is 0 Å². The first-order valence-corrected chi connectivity index (χ1v) is 7.57. The van der Waals surface area contributed by atoms with Gasteiger partial charge >= 0.3 is 0 Å². The average Bonchev–Trinajstić information content (AvgIpc) is 2.59. The average molecular weight is 403 g/mol. The molecule has 1 fully saturated rings. The zero-order valence-corrected chi connectivity index (χ0v) is 12.8. The number of furan rings is 1. The van der Waals surface area contributed by atoms with E-state index in [1.165, 1.54) is 6.42 Å². The van der Waals surface area contributed by atoms with E-state index >= 15 is 0 Å². The van der Waals surface area contributed by atoms with Gasteiger partial charge in [0.05, 0.1) is 10.6 Å². The Morgan fingerprint density at radius 2 is 2.13 bits per heavy atom. The summed E-state index contributed by atoms with van der Waals surface area (Å²) in [7, 11) is 0. The predicted octanol–water partition coefficient (Wildman–Crippen LogP) is 4.81. The number of hydrogen-bond donors (Lipinski definition) is 0. The molecule has 2 nitrogen and oxygen atoms in total. The number of halogens is 3. The lowest BCUT2D eigenvalue weighted by Crippen LogP contribution is -2.23. The molecule has 2 unspecified atom stereocenters. The van der Waals surface area contributed by atoms with Crippen LogP contribution in [0, 0.1) is 0 Å². The third-order valence-electron chi connectivity index (χ3n) is 2.50. The van der Waals surface area contributed by atoms with Crippen molar-refractivity contribution in [3.8, 4) is 0 Å². The van der Waals surface area contributed by atoms with Crippen LogP contribution in [0.3, 0.4) is 0 Å². The Morgan fingerprint density at radius 3 is 2.73 bits per heavy atom. The van der Waals surface area contributed by atoms with Crippen molar-refractivity contribution in [3.05, 3.63) is 21.0 Å². The summed E-state index contributed by atoms with van der Waals surface area (Å²) in [6, 6.07) is 1.98. The zero-order valence-electron chi connectivity index (χ0n) is 8.01. The Balaban J connectivity index is 2.09. The number of rotatable bonds is 2. The maximum Gasteiger partial charge on any atom is 0.183 e. The van der Waals surface area contributed by atoms with Crippen LogP contribution in [-0.2, 0) is 4.74 Å². The van der Waals surface area contributed by atoms with Gasteiger partial charge in [0, 0.05) is 5.33 Å². The van der Waals surface area contributed by atoms with Crippen LogP contribution < -0.4 is 0 Å². The fourth-order valence-corrected chi connectivity index (χ4v) is 2.83. The van der Waals surface area contributed by atoms with Gasteiger partial charge in [-0.25, -0.2) is 0 Å². The monoisotopic (exact) mass is 400 g/mol. The molecule has 1 aliphatic heterocycles. The molecular formula is C10H11Br3O2. The lowest BCUT2D eigenvalue weighted by atomic mass is 10.0. The number of hydrogen-bond acceptors (Lipinski definition) is 2. The molecule has 0 saturated carbocycles. The SMILES string of the molecule is BrCC1CCCC(c2cc(Br)c(Br)o2)O1. The first-order chi connectivity index (χ1) is 7.20. The van der Waals surface area contributed by atoms with Gasteiger partial charge in [0.2, 0.25) is 0 Å². The summed E-state index contributed by atoms with van der Waals surface area (Å²) in [5, 5.41) is 0.895. The lowest BCUT2D eigenvalue weighted by molar-refractivity contribution is -0.0488. The molecule has 1 aromatic rings. The molecule has 0 bridgehead atoms. The standard InChI is InChI=1S/C10H11Br3O2/c11-5-6-2-1-3-8(14-6)9-4-7(12)10(13)15-9/h4,6,8H,1-3,5H2. The number of alkyl halides is 1. The summed E-state index contributed by atoms with van der Waals surface area (Å²) in [5.74, 6) is 0.902.